The molecule has 112 valence electrons. The summed E-state index contributed by atoms with van der Waals surface area (Å²) in [6.07, 6.45) is 8.47. The van der Waals surface area contributed by atoms with Gasteiger partial charge in [-0.05, 0) is 44.2 Å². The molecule has 1 atom stereocenters. The molecule has 6 nitrogen and oxygen atoms in total. The molecule has 1 unspecified atom stereocenters. The van der Waals surface area contributed by atoms with Gasteiger partial charge in [0.05, 0.1) is 11.8 Å². The van der Waals surface area contributed by atoms with E-state index < -0.39 is 0 Å². The summed E-state index contributed by atoms with van der Waals surface area (Å²) in [4.78, 5) is 6.87. The molecule has 2 aliphatic heterocycles. The molecule has 4 heterocycles. The number of nitrogens with zero attached hydrogens (tertiary/aromatic N) is 3. The number of aromatic amines is 1. The van der Waals surface area contributed by atoms with Crippen molar-refractivity contribution in [3.63, 3.8) is 0 Å². The Kier molecular flexibility index (Phi) is 3.39. The topological polar surface area (TPSA) is 70.0 Å². The van der Waals surface area contributed by atoms with E-state index in [4.69, 9.17) is 4.42 Å². The number of hydrogen-bond donors (Lipinski definition) is 2. The minimum atomic E-state index is 0.737. The van der Waals surface area contributed by atoms with Crippen molar-refractivity contribution >= 4 is 5.95 Å². The van der Waals surface area contributed by atoms with E-state index in [9.17, 15) is 0 Å². The van der Waals surface area contributed by atoms with E-state index in [1.807, 2.05) is 6.07 Å². The van der Waals surface area contributed by atoms with Crippen molar-refractivity contribution in [2.45, 2.75) is 31.7 Å². The highest BCUT2D eigenvalue weighted by Crippen LogP contribution is 2.27. The molecule has 0 aliphatic carbocycles. The fourth-order valence-electron chi connectivity index (χ4n) is 3.54. The Morgan fingerprint density at radius 2 is 2.14 bits per heavy atom. The molecule has 21 heavy (non-hydrogen) atoms. The fraction of sp³-hybridized carbons (Fsp3) is 0.600. The molecule has 2 aromatic heterocycles. The third kappa shape index (κ3) is 2.55. The lowest BCUT2D eigenvalue weighted by molar-refractivity contribution is 0.317. The first kappa shape index (κ1) is 12.9. The van der Waals surface area contributed by atoms with Crippen molar-refractivity contribution in [1.29, 1.82) is 0 Å². The molecule has 2 saturated heterocycles. The predicted octanol–water partition coefficient (Wildman–Crippen LogP) is 2.03. The lowest BCUT2D eigenvalue weighted by atomic mass is 9.89. The van der Waals surface area contributed by atoms with Crippen LogP contribution in [0.4, 0.5) is 5.95 Å². The normalized spacial score (nSPS) is 23.8. The van der Waals surface area contributed by atoms with Gasteiger partial charge in [0.2, 0.25) is 5.95 Å². The second kappa shape index (κ2) is 5.52. The van der Waals surface area contributed by atoms with Gasteiger partial charge in [-0.25, -0.2) is 0 Å². The van der Waals surface area contributed by atoms with Gasteiger partial charge < -0.3 is 14.6 Å². The Morgan fingerprint density at radius 1 is 1.24 bits per heavy atom. The van der Waals surface area contributed by atoms with Crippen LogP contribution in [0.2, 0.25) is 0 Å². The Balaban J connectivity index is 1.39. The number of piperidine rings is 1. The van der Waals surface area contributed by atoms with Crippen molar-refractivity contribution in [3.8, 4) is 11.4 Å². The van der Waals surface area contributed by atoms with Crippen LogP contribution in [-0.4, -0.2) is 40.9 Å². The number of aromatic nitrogens is 3. The molecule has 0 radical (unpaired) electrons. The van der Waals surface area contributed by atoms with E-state index in [2.05, 4.69) is 25.4 Å². The van der Waals surface area contributed by atoms with Crippen molar-refractivity contribution in [2.75, 3.05) is 24.5 Å². The molecule has 0 spiro atoms. The van der Waals surface area contributed by atoms with Crippen molar-refractivity contribution in [1.82, 2.24) is 20.5 Å². The van der Waals surface area contributed by atoms with Gasteiger partial charge >= 0.3 is 0 Å². The van der Waals surface area contributed by atoms with Crippen molar-refractivity contribution in [3.05, 3.63) is 18.6 Å². The van der Waals surface area contributed by atoms with Crippen LogP contribution in [0.3, 0.4) is 0 Å². The van der Waals surface area contributed by atoms with E-state index in [0.29, 0.717) is 0 Å². The predicted molar refractivity (Wildman–Crippen MR) is 80.0 cm³/mol. The molecule has 4 rings (SSSR count). The summed E-state index contributed by atoms with van der Waals surface area (Å²) < 4.78 is 5.09. The Bertz CT molecular complexity index is 565. The maximum Gasteiger partial charge on any atom is 0.245 e. The van der Waals surface area contributed by atoms with Gasteiger partial charge in [0.1, 0.15) is 6.26 Å². The average molecular weight is 287 g/mol. The summed E-state index contributed by atoms with van der Waals surface area (Å²) in [6.45, 7) is 3.29. The number of anilines is 1. The molecule has 2 fully saturated rings. The van der Waals surface area contributed by atoms with E-state index in [1.54, 1.807) is 12.5 Å². The minimum Gasteiger partial charge on any atom is -0.472 e. The molecule has 0 aromatic carbocycles. The standard InChI is InChI=1S/C15H21N5O/c1-2-13(16-6-1)11-3-7-20(8-4-11)15-17-14(18-19-15)12-5-9-21-10-12/h5,9-11,13,16H,1-4,6-8H2,(H,17,18,19). The molecular formula is C15H21N5O. The lowest BCUT2D eigenvalue weighted by Gasteiger charge is -2.34. The van der Waals surface area contributed by atoms with Crippen molar-refractivity contribution in [2.24, 2.45) is 5.92 Å². The average Bonchev–Trinajstić information content (AvgIpc) is 3.27. The Hall–Kier alpha value is -1.82. The van der Waals surface area contributed by atoms with Crippen LogP contribution in [0, 0.1) is 5.92 Å². The highest BCUT2D eigenvalue weighted by molar-refractivity contribution is 5.54. The van der Waals surface area contributed by atoms with E-state index in [1.165, 1.54) is 32.2 Å². The maximum absolute atomic E-state index is 5.09. The largest absolute Gasteiger partial charge is 0.472 e. The van der Waals surface area contributed by atoms with E-state index in [-0.39, 0.29) is 0 Å². The minimum absolute atomic E-state index is 0.737. The maximum atomic E-state index is 5.09. The summed E-state index contributed by atoms with van der Waals surface area (Å²) in [5, 5.41) is 11.0. The number of furan rings is 1. The van der Waals surface area contributed by atoms with Gasteiger partial charge in [-0.1, -0.05) is 0 Å². The van der Waals surface area contributed by atoms with E-state index >= 15 is 0 Å². The van der Waals surface area contributed by atoms with Crippen LogP contribution in [0.5, 0.6) is 0 Å². The van der Waals surface area contributed by atoms with Crippen LogP contribution >= 0.6 is 0 Å². The summed E-state index contributed by atoms with van der Waals surface area (Å²) in [5.74, 6) is 2.40. The zero-order chi connectivity index (χ0) is 14.1. The summed E-state index contributed by atoms with van der Waals surface area (Å²) in [6, 6.07) is 2.63. The molecule has 2 N–H and O–H groups in total. The van der Waals surface area contributed by atoms with Gasteiger partial charge in [-0.3, -0.25) is 5.10 Å². The zero-order valence-corrected chi connectivity index (χ0v) is 12.1. The smallest absolute Gasteiger partial charge is 0.245 e. The van der Waals surface area contributed by atoms with Crippen LogP contribution in [0.1, 0.15) is 25.7 Å². The lowest BCUT2D eigenvalue weighted by Crippen LogP contribution is -2.41. The second-order valence-corrected chi connectivity index (χ2v) is 6.02. The number of rotatable bonds is 3. The van der Waals surface area contributed by atoms with Crippen LogP contribution in [0.15, 0.2) is 23.0 Å². The van der Waals surface area contributed by atoms with Crippen LogP contribution in [0.25, 0.3) is 11.4 Å². The highest BCUT2D eigenvalue weighted by Gasteiger charge is 2.29. The molecular weight excluding hydrogens is 266 g/mol. The SMILES string of the molecule is c1cc(-c2nc(N3CCC(C4CCCN4)CC3)n[nH]2)co1. The fourth-order valence-corrected chi connectivity index (χ4v) is 3.54. The Labute approximate surface area is 123 Å². The quantitative estimate of drug-likeness (QED) is 0.904. The molecule has 0 bridgehead atoms. The van der Waals surface area contributed by atoms with Gasteiger partial charge in [0, 0.05) is 19.1 Å². The summed E-state index contributed by atoms with van der Waals surface area (Å²) in [7, 11) is 0. The van der Waals surface area contributed by atoms with Gasteiger partial charge in [0.15, 0.2) is 5.82 Å². The van der Waals surface area contributed by atoms with Crippen LogP contribution < -0.4 is 10.2 Å². The molecule has 0 saturated carbocycles. The third-order valence-corrected chi connectivity index (χ3v) is 4.76. The van der Waals surface area contributed by atoms with Gasteiger partial charge in [-0.15, -0.1) is 5.10 Å². The molecule has 0 amide bonds. The Morgan fingerprint density at radius 3 is 2.86 bits per heavy atom. The first-order valence-corrected chi connectivity index (χ1v) is 7.83. The third-order valence-electron chi connectivity index (χ3n) is 4.76. The van der Waals surface area contributed by atoms with E-state index in [0.717, 1.165) is 42.4 Å². The summed E-state index contributed by atoms with van der Waals surface area (Å²) >= 11 is 0. The van der Waals surface area contributed by atoms with Gasteiger partial charge in [-0.2, -0.15) is 4.98 Å². The first-order chi connectivity index (χ1) is 10.4. The zero-order valence-electron chi connectivity index (χ0n) is 12.1. The molecule has 6 heteroatoms. The molecule has 2 aliphatic rings. The molecule has 2 aromatic rings. The number of hydrogen-bond acceptors (Lipinski definition) is 5. The number of H-pyrrole nitrogens is 1. The van der Waals surface area contributed by atoms with Crippen LogP contribution in [-0.2, 0) is 0 Å². The first-order valence-electron chi connectivity index (χ1n) is 7.83. The van der Waals surface area contributed by atoms with Gasteiger partial charge in [0.25, 0.3) is 0 Å². The second-order valence-electron chi connectivity index (χ2n) is 6.02. The monoisotopic (exact) mass is 287 g/mol. The highest BCUT2D eigenvalue weighted by atomic mass is 16.3. The summed E-state index contributed by atoms with van der Waals surface area (Å²) in [5.41, 5.74) is 0.943. The number of nitrogens with one attached hydrogen (secondary N) is 2. The van der Waals surface area contributed by atoms with Crippen molar-refractivity contribution < 1.29 is 4.42 Å².